The number of halogens is 5. The number of rotatable bonds is 6. The van der Waals surface area contributed by atoms with Crippen LogP contribution in [-0.4, -0.2) is 13.1 Å². The van der Waals surface area contributed by atoms with Crippen LogP contribution in [0, 0.1) is 40.0 Å². The van der Waals surface area contributed by atoms with Gasteiger partial charge in [0.2, 0.25) is 0 Å². The van der Waals surface area contributed by atoms with E-state index in [1.54, 1.807) is 0 Å². The molecule has 0 nitrogen and oxygen atoms in total. The first-order chi connectivity index (χ1) is 25.1. The summed E-state index contributed by atoms with van der Waals surface area (Å²) in [7, 11) is 0. The van der Waals surface area contributed by atoms with Crippen molar-refractivity contribution >= 4 is 53.2 Å². The molecule has 2 radical (unpaired) electrons. The summed E-state index contributed by atoms with van der Waals surface area (Å²) >= 11 is 1.36. The molecule has 2 saturated carbocycles. The summed E-state index contributed by atoms with van der Waals surface area (Å²) in [6.45, 7) is 9.99. The molecule has 0 N–H and O–H groups in total. The summed E-state index contributed by atoms with van der Waals surface area (Å²) in [5.74, 6) is 1.83. The zero-order chi connectivity index (χ0) is 37.1. The third kappa shape index (κ3) is 14.2. The van der Waals surface area contributed by atoms with E-state index in [0.29, 0.717) is 0 Å². The summed E-state index contributed by atoms with van der Waals surface area (Å²) in [4.78, 5) is 0. The van der Waals surface area contributed by atoms with Gasteiger partial charge in [-0.2, -0.15) is 25.3 Å². The van der Waals surface area contributed by atoms with Gasteiger partial charge in [0, 0.05) is 0 Å². The second kappa shape index (κ2) is 23.7. The fourth-order valence-corrected chi connectivity index (χ4v) is 7.89. The molecule has 0 bridgehead atoms. The second-order valence-corrected chi connectivity index (χ2v) is 14.7. The SMILES string of the molecule is Cc1ccc(-c2cccc3[cH-]c(CC4CCCC4)cc23)cc1.Cc1ccc(-c2cccc3[cH-]c(CC4CCCC4)cc23)cc1.Cl.Cl.[CH2-]CC(F)(F)F.[CH3-].[Si]=[Zr]. The minimum atomic E-state index is -4.07. The summed E-state index contributed by atoms with van der Waals surface area (Å²) in [5.41, 5.74) is 11.1. The van der Waals surface area contributed by atoms with Gasteiger partial charge in [0.15, 0.2) is 0 Å². The maximum absolute atomic E-state index is 10.7. The number of fused-ring (bicyclic) bond motifs is 2. The van der Waals surface area contributed by atoms with E-state index in [2.05, 4.69) is 137 Å². The van der Waals surface area contributed by atoms with Crippen molar-refractivity contribution in [2.24, 2.45) is 11.8 Å². The fraction of sp³-hybridized carbons (Fsp3) is 0.333. The van der Waals surface area contributed by atoms with Crippen LogP contribution in [-0.2, 0) is 36.2 Å². The molecule has 0 atom stereocenters. The first kappa shape index (κ1) is 48.7. The van der Waals surface area contributed by atoms with Gasteiger partial charge in [-0.15, -0.1) is 93.9 Å². The molecule has 0 amide bonds. The molecule has 2 aliphatic rings. The number of hydrogen-bond acceptors (Lipinski definition) is 0. The zero-order valence-electron chi connectivity index (χ0n) is 32.5. The van der Waals surface area contributed by atoms with Crippen LogP contribution in [0.5, 0.6) is 0 Å². The number of hydrogen-bond donors (Lipinski definition) is 0. The Balaban J connectivity index is 0.000000305. The van der Waals surface area contributed by atoms with Crippen LogP contribution in [0.3, 0.4) is 0 Å². The van der Waals surface area contributed by atoms with Gasteiger partial charge in [-0.1, -0.05) is 141 Å². The molecule has 7 heteroatoms. The number of aryl methyl sites for hydroxylation is 2. The molecule has 0 spiro atoms. The number of benzene rings is 4. The second-order valence-electron chi connectivity index (χ2n) is 14.7. The van der Waals surface area contributed by atoms with E-state index < -0.39 is 12.6 Å². The van der Waals surface area contributed by atoms with Crippen molar-refractivity contribution in [2.45, 2.75) is 90.7 Å². The fourth-order valence-electron chi connectivity index (χ4n) is 7.89. The topological polar surface area (TPSA) is 0 Å². The summed E-state index contributed by atoms with van der Waals surface area (Å²) in [6, 6.07) is 40.9. The first-order valence-corrected chi connectivity index (χ1v) is 23.0. The van der Waals surface area contributed by atoms with Crippen molar-refractivity contribution in [1.82, 2.24) is 0 Å². The van der Waals surface area contributed by atoms with Gasteiger partial charge in [0.05, 0.1) is 0 Å². The summed E-state index contributed by atoms with van der Waals surface area (Å²) in [5, 5.41) is 5.62. The molecule has 0 unspecified atom stereocenters. The van der Waals surface area contributed by atoms with Crippen LogP contribution in [0.2, 0.25) is 0 Å². The molecule has 0 aromatic heterocycles. The van der Waals surface area contributed by atoms with Crippen molar-refractivity contribution in [3.05, 3.63) is 146 Å². The Morgan fingerprint density at radius 2 is 0.945 bits per heavy atom. The van der Waals surface area contributed by atoms with Gasteiger partial charge >= 0.3 is 36.4 Å². The summed E-state index contributed by atoms with van der Waals surface area (Å²) in [6.07, 6.45) is 8.90. The van der Waals surface area contributed by atoms with Gasteiger partial charge in [-0.3, -0.25) is 0 Å². The Kier molecular flexibility index (Phi) is 21.0. The molecule has 6 aromatic carbocycles. The Morgan fingerprint density at radius 3 is 1.25 bits per heavy atom. The van der Waals surface area contributed by atoms with Crippen LogP contribution >= 0.6 is 24.8 Å². The van der Waals surface area contributed by atoms with E-state index in [-0.39, 0.29) is 32.2 Å². The molecule has 55 heavy (non-hydrogen) atoms. The third-order valence-electron chi connectivity index (χ3n) is 10.6. The van der Waals surface area contributed by atoms with E-state index in [1.165, 1.54) is 154 Å². The minimum absolute atomic E-state index is 0. The molecule has 0 heterocycles. The standard InChI is InChI=1S/2C22H23.C3H4F3.CH3.2ClH.Si.Zr/c2*1-16-9-11-19(12-10-16)21-8-4-7-20-14-18(15-22(20)21)13-17-5-2-3-6-17;1-2-3(4,5)6;;;;;/h2*4,7-12,14-15,17H,2-3,5-6,13H2,1H3;1-2H2;1H3;2*1H;;/q4*-1;;;;. The first-order valence-electron chi connectivity index (χ1n) is 18.8. The quantitative estimate of drug-likeness (QED) is 0.116. The van der Waals surface area contributed by atoms with Crippen molar-refractivity contribution < 1.29 is 36.5 Å². The van der Waals surface area contributed by atoms with Crippen molar-refractivity contribution in [3.8, 4) is 22.3 Å². The van der Waals surface area contributed by atoms with E-state index in [1.807, 2.05) is 0 Å². The molecule has 2 fully saturated rings. The molecular formula is C48H55Cl2F3SiZr-4. The van der Waals surface area contributed by atoms with Gasteiger partial charge in [-0.25, -0.2) is 0 Å². The Morgan fingerprint density at radius 1 is 0.618 bits per heavy atom. The number of alkyl halides is 3. The van der Waals surface area contributed by atoms with Gasteiger partial charge in [-0.05, 0) is 49.7 Å². The monoisotopic (exact) mass is 876 g/mol. The molecule has 294 valence electrons. The predicted octanol–water partition coefficient (Wildman–Crippen LogP) is 15.2. The van der Waals surface area contributed by atoms with E-state index in [4.69, 9.17) is 0 Å². The van der Waals surface area contributed by atoms with Gasteiger partial charge in [0.1, 0.15) is 0 Å². The Hall–Kier alpha value is -2.43. The van der Waals surface area contributed by atoms with Gasteiger partial charge < -0.3 is 14.4 Å². The van der Waals surface area contributed by atoms with Gasteiger partial charge in [0.25, 0.3) is 0 Å². The van der Waals surface area contributed by atoms with E-state index in [9.17, 15) is 13.2 Å². The molecule has 0 aliphatic heterocycles. The average Bonchev–Trinajstić information content (AvgIpc) is 3.98. The Labute approximate surface area is 357 Å². The van der Waals surface area contributed by atoms with Crippen molar-refractivity contribution in [1.29, 1.82) is 0 Å². The molecule has 2 aliphatic carbocycles. The van der Waals surface area contributed by atoms with Crippen LogP contribution in [0.25, 0.3) is 43.8 Å². The van der Waals surface area contributed by atoms with Crippen LogP contribution in [0.15, 0.2) is 109 Å². The Bertz CT molecular complexity index is 1840. The third-order valence-corrected chi connectivity index (χ3v) is 10.6. The van der Waals surface area contributed by atoms with Crippen LogP contribution < -0.4 is 0 Å². The summed E-state index contributed by atoms with van der Waals surface area (Å²) < 4.78 is 32.2. The molecule has 8 rings (SSSR count). The molecule has 6 aromatic rings. The van der Waals surface area contributed by atoms with E-state index >= 15 is 0 Å². The molecular weight excluding hydrogens is 824 g/mol. The average molecular weight is 879 g/mol. The zero-order valence-corrected chi connectivity index (χ0v) is 37.6. The van der Waals surface area contributed by atoms with Crippen LogP contribution in [0.1, 0.15) is 80.0 Å². The van der Waals surface area contributed by atoms with Crippen LogP contribution in [0.4, 0.5) is 13.2 Å². The molecule has 0 saturated heterocycles. The predicted molar refractivity (Wildman–Crippen MR) is 233 cm³/mol. The van der Waals surface area contributed by atoms with E-state index in [0.717, 1.165) is 11.8 Å². The van der Waals surface area contributed by atoms with Crippen molar-refractivity contribution in [2.75, 3.05) is 0 Å². The normalized spacial score (nSPS) is 13.9. The maximum atomic E-state index is 10.7. The van der Waals surface area contributed by atoms with Crippen molar-refractivity contribution in [3.63, 3.8) is 0 Å².